The van der Waals surface area contributed by atoms with Crippen molar-refractivity contribution in [2.24, 2.45) is 5.92 Å². The molecule has 1 aliphatic rings. The summed E-state index contributed by atoms with van der Waals surface area (Å²) in [6.07, 6.45) is 1.11. The first-order chi connectivity index (χ1) is 8.00. The fourth-order valence-corrected chi connectivity index (χ4v) is 2.39. The SMILES string of the molecule is CC(C)(C)c1ccc(N2CCC(CO)C2)cc1. The first-order valence-corrected chi connectivity index (χ1v) is 6.47. The van der Waals surface area contributed by atoms with Gasteiger partial charge >= 0.3 is 0 Å². The van der Waals surface area contributed by atoms with Crippen LogP contribution in [-0.4, -0.2) is 24.8 Å². The predicted octanol–water partition coefficient (Wildman–Crippen LogP) is 2.80. The van der Waals surface area contributed by atoms with E-state index in [4.69, 9.17) is 5.11 Å². The average Bonchev–Trinajstić information content (AvgIpc) is 2.76. The van der Waals surface area contributed by atoms with Gasteiger partial charge in [-0.05, 0) is 29.5 Å². The van der Waals surface area contributed by atoms with Crippen LogP contribution in [0.5, 0.6) is 0 Å². The molecular weight excluding hydrogens is 210 g/mol. The number of anilines is 1. The van der Waals surface area contributed by atoms with E-state index in [0.717, 1.165) is 19.5 Å². The Hall–Kier alpha value is -1.02. The number of hydrogen-bond donors (Lipinski definition) is 1. The van der Waals surface area contributed by atoms with Crippen molar-refractivity contribution in [3.05, 3.63) is 29.8 Å². The van der Waals surface area contributed by atoms with Gasteiger partial charge < -0.3 is 10.0 Å². The van der Waals surface area contributed by atoms with Crippen molar-refractivity contribution in [1.29, 1.82) is 0 Å². The molecule has 17 heavy (non-hydrogen) atoms. The molecule has 0 radical (unpaired) electrons. The Morgan fingerprint density at radius 2 is 1.88 bits per heavy atom. The third-order valence-corrected chi connectivity index (χ3v) is 3.64. The molecule has 2 rings (SSSR count). The van der Waals surface area contributed by atoms with Gasteiger partial charge in [-0.1, -0.05) is 32.9 Å². The third-order valence-electron chi connectivity index (χ3n) is 3.64. The molecule has 1 aromatic carbocycles. The van der Waals surface area contributed by atoms with Gasteiger partial charge in [0.25, 0.3) is 0 Å². The van der Waals surface area contributed by atoms with E-state index in [1.165, 1.54) is 11.3 Å². The largest absolute Gasteiger partial charge is 0.396 e. The molecule has 0 bridgehead atoms. The van der Waals surface area contributed by atoms with Crippen LogP contribution in [0.25, 0.3) is 0 Å². The highest BCUT2D eigenvalue weighted by Gasteiger charge is 2.22. The lowest BCUT2D eigenvalue weighted by atomic mass is 9.87. The minimum absolute atomic E-state index is 0.219. The number of rotatable bonds is 2. The molecule has 1 aliphatic heterocycles. The van der Waals surface area contributed by atoms with E-state index in [9.17, 15) is 0 Å². The van der Waals surface area contributed by atoms with Crippen molar-refractivity contribution < 1.29 is 5.11 Å². The number of benzene rings is 1. The number of hydrogen-bond acceptors (Lipinski definition) is 2. The van der Waals surface area contributed by atoms with Crippen molar-refractivity contribution in [3.63, 3.8) is 0 Å². The Balaban J connectivity index is 2.09. The Morgan fingerprint density at radius 1 is 1.24 bits per heavy atom. The van der Waals surface area contributed by atoms with Crippen molar-refractivity contribution in [1.82, 2.24) is 0 Å². The minimum atomic E-state index is 0.219. The van der Waals surface area contributed by atoms with Gasteiger partial charge in [0, 0.05) is 31.3 Å². The Bertz CT molecular complexity index is 364. The molecular formula is C15H23NO. The van der Waals surface area contributed by atoms with Crippen LogP contribution in [0.15, 0.2) is 24.3 Å². The van der Waals surface area contributed by atoms with Crippen LogP contribution in [-0.2, 0) is 5.41 Å². The van der Waals surface area contributed by atoms with Crippen LogP contribution < -0.4 is 4.90 Å². The van der Waals surface area contributed by atoms with Gasteiger partial charge in [-0.25, -0.2) is 0 Å². The molecule has 2 heteroatoms. The zero-order valence-electron chi connectivity index (χ0n) is 11.1. The maximum atomic E-state index is 9.15. The third kappa shape index (κ3) is 2.81. The summed E-state index contributed by atoms with van der Waals surface area (Å²) in [6, 6.07) is 8.86. The topological polar surface area (TPSA) is 23.5 Å². The van der Waals surface area contributed by atoms with Crippen molar-refractivity contribution in [3.8, 4) is 0 Å². The zero-order valence-corrected chi connectivity index (χ0v) is 11.1. The average molecular weight is 233 g/mol. The molecule has 1 unspecified atom stereocenters. The predicted molar refractivity (Wildman–Crippen MR) is 72.5 cm³/mol. The van der Waals surface area contributed by atoms with Gasteiger partial charge in [0.15, 0.2) is 0 Å². The molecule has 94 valence electrons. The lowest BCUT2D eigenvalue weighted by Crippen LogP contribution is -2.20. The monoisotopic (exact) mass is 233 g/mol. The van der Waals surface area contributed by atoms with Crippen LogP contribution in [0.2, 0.25) is 0 Å². The summed E-state index contributed by atoms with van der Waals surface area (Å²) in [6.45, 7) is 9.08. The van der Waals surface area contributed by atoms with E-state index in [1.54, 1.807) is 0 Å². The Kier molecular flexibility index (Phi) is 3.43. The van der Waals surface area contributed by atoms with Crippen LogP contribution in [0.4, 0.5) is 5.69 Å². The molecule has 0 amide bonds. The molecule has 1 heterocycles. The molecule has 0 aliphatic carbocycles. The summed E-state index contributed by atoms with van der Waals surface area (Å²) in [7, 11) is 0. The lowest BCUT2D eigenvalue weighted by molar-refractivity contribution is 0.238. The van der Waals surface area contributed by atoms with Gasteiger partial charge in [-0.3, -0.25) is 0 Å². The van der Waals surface area contributed by atoms with Crippen molar-refractivity contribution in [2.45, 2.75) is 32.6 Å². The molecule has 2 nitrogen and oxygen atoms in total. The Morgan fingerprint density at radius 3 is 2.35 bits per heavy atom. The highest BCUT2D eigenvalue weighted by atomic mass is 16.3. The summed E-state index contributed by atoms with van der Waals surface area (Å²) in [4.78, 5) is 2.37. The van der Waals surface area contributed by atoms with Crippen LogP contribution in [0.1, 0.15) is 32.8 Å². The maximum Gasteiger partial charge on any atom is 0.0476 e. The van der Waals surface area contributed by atoms with E-state index >= 15 is 0 Å². The van der Waals surface area contributed by atoms with Crippen molar-refractivity contribution >= 4 is 5.69 Å². The van der Waals surface area contributed by atoms with Gasteiger partial charge in [-0.2, -0.15) is 0 Å². The highest BCUT2D eigenvalue weighted by molar-refractivity contribution is 5.49. The minimum Gasteiger partial charge on any atom is -0.396 e. The molecule has 1 aromatic rings. The van der Waals surface area contributed by atoms with Gasteiger partial charge in [0.1, 0.15) is 0 Å². The fraction of sp³-hybridized carbons (Fsp3) is 0.600. The number of aliphatic hydroxyl groups is 1. The van der Waals surface area contributed by atoms with Gasteiger partial charge in [0.05, 0.1) is 0 Å². The second-order valence-electron chi connectivity index (χ2n) is 6.08. The fourth-order valence-electron chi connectivity index (χ4n) is 2.39. The summed E-state index contributed by atoms with van der Waals surface area (Å²) in [5.74, 6) is 0.456. The van der Waals surface area contributed by atoms with E-state index in [0.29, 0.717) is 12.5 Å². The summed E-state index contributed by atoms with van der Waals surface area (Å²) in [5, 5.41) is 9.15. The molecule has 1 fully saturated rings. The highest BCUT2D eigenvalue weighted by Crippen LogP contribution is 2.27. The lowest BCUT2D eigenvalue weighted by Gasteiger charge is -2.22. The molecule has 1 N–H and O–H groups in total. The summed E-state index contributed by atoms with van der Waals surface area (Å²) >= 11 is 0. The zero-order chi connectivity index (χ0) is 12.5. The number of nitrogens with zero attached hydrogens (tertiary/aromatic N) is 1. The first-order valence-electron chi connectivity index (χ1n) is 6.47. The summed E-state index contributed by atoms with van der Waals surface area (Å²) < 4.78 is 0. The van der Waals surface area contributed by atoms with E-state index in [1.807, 2.05) is 0 Å². The second kappa shape index (κ2) is 4.69. The van der Waals surface area contributed by atoms with Crippen LogP contribution in [0.3, 0.4) is 0 Å². The van der Waals surface area contributed by atoms with Gasteiger partial charge in [-0.15, -0.1) is 0 Å². The summed E-state index contributed by atoms with van der Waals surface area (Å²) in [5.41, 5.74) is 2.88. The first kappa shape index (κ1) is 12.4. The smallest absolute Gasteiger partial charge is 0.0476 e. The quantitative estimate of drug-likeness (QED) is 0.849. The van der Waals surface area contributed by atoms with Gasteiger partial charge in [0.2, 0.25) is 0 Å². The molecule has 0 aromatic heterocycles. The molecule has 1 saturated heterocycles. The molecule has 0 spiro atoms. The number of aliphatic hydroxyl groups excluding tert-OH is 1. The van der Waals surface area contributed by atoms with Crippen LogP contribution >= 0.6 is 0 Å². The molecule has 0 saturated carbocycles. The second-order valence-corrected chi connectivity index (χ2v) is 6.08. The Labute approximate surface area is 104 Å². The van der Waals surface area contributed by atoms with Crippen LogP contribution in [0, 0.1) is 5.92 Å². The normalized spacial score (nSPS) is 20.9. The standard InChI is InChI=1S/C15H23NO/c1-15(2,3)13-4-6-14(7-5-13)16-9-8-12(10-16)11-17/h4-7,12,17H,8-11H2,1-3H3. The maximum absolute atomic E-state index is 9.15. The van der Waals surface area contributed by atoms with E-state index in [2.05, 4.69) is 49.9 Å². The van der Waals surface area contributed by atoms with E-state index in [-0.39, 0.29) is 5.41 Å². The van der Waals surface area contributed by atoms with E-state index < -0.39 is 0 Å². The van der Waals surface area contributed by atoms with Crippen molar-refractivity contribution in [2.75, 3.05) is 24.6 Å². The molecule has 1 atom stereocenters.